The molecule has 2 aliphatic heterocycles. The van der Waals surface area contributed by atoms with Crippen molar-refractivity contribution in [1.29, 1.82) is 0 Å². The number of hydrogen-bond donors (Lipinski definition) is 1. The molecule has 1 N–H and O–H groups in total. The molecule has 3 heterocycles. The van der Waals surface area contributed by atoms with Gasteiger partial charge >= 0.3 is 6.09 Å². The smallest absolute Gasteiger partial charge is 0.407 e. The van der Waals surface area contributed by atoms with Crippen molar-refractivity contribution >= 4 is 28.8 Å². The number of hydrogen-bond acceptors (Lipinski definition) is 6. The van der Waals surface area contributed by atoms with Gasteiger partial charge in [0.25, 0.3) is 0 Å². The van der Waals surface area contributed by atoms with E-state index in [0.717, 1.165) is 34.9 Å². The van der Waals surface area contributed by atoms with Crippen molar-refractivity contribution in [3.8, 4) is 5.88 Å². The first-order valence-corrected chi connectivity index (χ1v) is 10.8. The summed E-state index contributed by atoms with van der Waals surface area (Å²) in [7, 11) is 0. The fraction of sp³-hybridized carbons (Fsp3) is 0.421. The summed E-state index contributed by atoms with van der Waals surface area (Å²) >= 11 is -0.995. The van der Waals surface area contributed by atoms with E-state index in [1.165, 1.54) is 11.2 Å². The normalized spacial score (nSPS) is 18.1. The number of benzene rings is 1. The third-order valence-corrected chi connectivity index (χ3v) is 6.10. The van der Waals surface area contributed by atoms with Crippen LogP contribution in [0.4, 0.5) is 16.3 Å². The molecule has 0 bridgehead atoms. The maximum Gasteiger partial charge on any atom is 0.407 e. The highest BCUT2D eigenvalue weighted by Crippen LogP contribution is 2.35. The molecule has 2 aromatic rings. The minimum absolute atomic E-state index is 0.0497. The number of piperidine rings is 1. The van der Waals surface area contributed by atoms with Gasteiger partial charge in [-0.15, -0.1) is 0 Å². The van der Waals surface area contributed by atoms with Gasteiger partial charge in [-0.1, -0.05) is 0 Å². The number of fused-ring (bicyclic) bond motifs is 1. The summed E-state index contributed by atoms with van der Waals surface area (Å²) in [5.74, 6) is 1.26. The Morgan fingerprint density at radius 1 is 1.25 bits per heavy atom. The highest BCUT2D eigenvalue weighted by molar-refractivity contribution is 7.90. The van der Waals surface area contributed by atoms with Crippen molar-refractivity contribution in [2.75, 3.05) is 30.8 Å². The predicted octanol–water partition coefficient (Wildman–Crippen LogP) is 2.43. The molecule has 0 aliphatic carbocycles. The lowest BCUT2D eigenvalue weighted by Crippen LogP contribution is -2.41. The Morgan fingerprint density at radius 2 is 2.04 bits per heavy atom. The highest BCUT2D eigenvalue weighted by Gasteiger charge is 2.26. The molecule has 0 spiro atoms. The molecule has 0 radical (unpaired) electrons. The first-order valence-electron chi connectivity index (χ1n) is 9.22. The Hall–Kier alpha value is -2.52. The van der Waals surface area contributed by atoms with E-state index < -0.39 is 17.3 Å². The van der Waals surface area contributed by atoms with E-state index >= 15 is 0 Å². The standard InChI is InChI=1S/C19H22N4O4S/c1-28(26)15-2-3-16-13(10-15)4-9-23(16)17-11-18(21-12-20-17)27-14-5-7-22(8-6-14)19(24)25/h2-3,10-12,14H,4-9H2,1H3,(H,24,25). The first kappa shape index (κ1) is 18.8. The lowest BCUT2D eigenvalue weighted by atomic mass is 10.1. The van der Waals surface area contributed by atoms with Crippen LogP contribution in [0.3, 0.4) is 0 Å². The van der Waals surface area contributed by atoms with Crippen molar-refractivity contribution in [1.82, 2.24) is 14.9 Å². The quantitative estimate of drug-likeness (QED) is 0.784. The fourth-order valence-electron chi connectivity index (χ4n) is 3.67. The second-order valence-corrected chi connectivity index (χ2v) is 8.33. The largest absolute Gasteiger partial charge is 0.612 e. The Morgan fingerprint density at radius 3 is 2.75 bits per heavy atom. The Balaban J connectivity index is 1.46. The molecule has 1 atom stereocenters. The SMILES string of the molecule is C[S+]([O-])c1ccc2c(c1)CCN2c1cc(OC2CCN(C(=O)O)CC2)ncn1. The van der Waals surface area contributed by atoms with E-state index in [1.54, 1.807) is 6.26 Å². The van der Waals surface area contributed by atoms with E-state index in [-0.39, 0.29) is 6.10 Å². The second kappa shape index (κ2) is 7.84. The van der Waals surface area contributed by atoms with Crippen LogP contribution >= 0.6 is 0 Å². The average Bonchev–Trinajstić information content (AvgIpc) is 3.12. The van der Waals surface area contributed by atoms with Gasteiger partial charge in [0.05, 0.1) is 0 Å². The monoisotopic (exact) mass is 402 g/mol. The van der Waals surface area contributed by atoms with Crippen LogP contribution < -0.4 is 9.64 Å². The van der Waals surface area contributed by atoms with Gasteiger partial charge in [-0.3, -0.25) is 0 Å². The number of likely N-dealkylation sites (tertiary alicyclic amines) is 1. The first-order chi connectivity index (χ1) is 13.5. The highest BCUT2D eigenvalue weighted by atomic mass is 32.2. The van der Waals surface area contributed by atoms with Crippen LogP contribution in [-0.2, 0) is 17.6 Å². The summed E-state index contributed by atoms with van der Waals surface area (Å²) in [4.78, 5) is 24.0. The lowest BCUT2D eigenvalue weighted by molar-refractivity contribution is 0.0870. The van der Waals surface area contributed by atoms with Gasteiger partial charge in [0.15, 0.2) is 4.90 Å². The van der Waals surface area contributed by atoms with Crippen LogP contribution in [0.15, 0.2) is 35.5 Å². The zero-order valence-electron chi connectivity index (χ0n) is 15.6. The van der Waals surface area contributed by atoms with Crippen LogP contribution in [0.1, 0.15) is 18.4 Å². The molecule has 1 saturated heterocycles. The lowest BCUT2D eigenvalue weighted by Gasteiger charge is -2.30. The van der Waals surface area contributed by atoms with Crippen LogP contribution in [-0.4, -0.2) is 62.6 Å². The predicted molar refractivity (Wildman–Crippen MR) is 105 cm³/mol. The summed E-state index contributed by atoms with van der Waals surface area (Å²) in [6.45, 7) is 1.74. The van der Waals surface area contributed by atoms with E-state index in [0.29, 0.717) is 31.8 Å². The van der Waals surface area contributed by atoms with Gasteiger partial charge in [-0.2, -0.15) is 0 Å². The summed E-state index contributed by atoms with van der Waals surface area (Å²) in [5, 5.41) is 9.04. The fourth-order valence-corrected chi connectivity index (χ4v) is 4.24. The molecule has 28 heavy (non-hydrogen) atoms. The summed E-state index contributed by atoms with van der Waals surface area (Å²) < 4.78 is 17.7. The van der Waals surface area contributed by atoms with E-state index in [9.17, 15) is 9.35 Å². The molecular weight excluding hydrogens is 380 g/mol. The van der Waals surface area contributed by atoms with Gasteiger partial charge in [0, 0.05) is 44.2 Å². The van der Waals surface area contributed by atoms with Crippen molar-refractivity contribution in [3.05, 3.63) is 36.2 Å². The number of aromatic nitrogens is 2. The maximum absolute atomic E-state index is 11.7. The van der Waals surface area contributed by atoms with Crippen molar-refractivity contribution in [2.24, 2.45) is 0 Å². The molecule has 148 valence electrons. The zero-order valence-corrected chi connectivity index (χ0v) is 16.4. The Labute approximate surface area is 166 Å². The third kappa shape index (κ3) is 3.85. The molecule has 0 saturated carbocycles. The van der Waals surface area contributed by atoms with Crippen molar-refractivity contribution in [2.45, 2.75) is 30.3 Å². The van der Waals surface area contributed by atoms with Crippen LogP contribution in [0.25, 0.3) is 0 Å². The summed E-state index contributed by atoms with van der Waals surface area (Å²) in [6.07, 6.45) is 4.41. The number of carbonyl (C=O) groups is 1. The van der Waals surface area contributed by atoms with E-state index in [4.69, 9.17) is 9.84 Å². The minimum atomic E-state index is -0.995. The zero-order chi connectivity index (χ0) is 19.7. The topological polar surface area (TPSA) is 102 Å². The Kier molecular flexibility index (Phi) is 5.27. The van der Waals surface area contributed by atoms with Gasteiger partial charge in [-0.05, 0) is 41.4 Å². The number of anilines is 2. The number of carboxylic acid groups (broad SMARTS) is 1. The molecule has 2 aliphatic rings. The molecule has 1 fully saturated rings. The minimum Gasteiger partial charge on any atom is -0.612 e. The molecule has 4 rings (SSSR count). The molecule has 8 nitrogen and oxygen atoms in total. The summed E-state index contributed by atoms with van der Waals surface area (Å²) in [5.41, 5.74) is 2.23. The van der Waals surface area contributed by atoms with E-state index in [1.807, 2.05) is 24.3 Å². The van der Waals surface area contributed by atoms with Crippen LogP contribution in [0, 0.1) is 0 Å². The number of nitrogens with zero attached hydrogens (tertiary/aromatic N) is 4. The number of rotatable bonds is 4. The summed E-state index contributed by atoms with van der Waals surface area (Å²) in [6, 6.07) is 7.70. The molecule has 1 amide bonds. The second-order valence-electron chi connectivity index (χ2n) is 6.95. The van der Waals surface area contributed by atoms with Crippen molar-refractivity contribution in [3.63, 3.8) is 0 Å². The maximum atomic E-state index is 11.7. The van der Waals surface area contributed by atoms with Gasteiger partial charge in [0.2, 0.25) is 5.88 Å². The van der Waals surface area contributed by atoms with Crippen LogP contribution in [0.2, 0.25) is 0 Å². The molecular formula is C19H22N4O4S. The van der Waals surface area contributed by atoms with Gasteiger partial charge < -0.3 is 24.2 Å². The molecule has 1 aromatic carbocycles. The number of ether oxygens (including phenoxy) is 1. The van der Waals surface area contributed by atoms with E-state index in [2.05, 4.69) is 14.9 Å². The molecule has 9 heteroatoms. The molecule has 1 unspecified atom stereocenters. The average molecular weight is 402 g/mol. The number of amides is 1. The van der Waals surface area contributed by atoms with Crippen LogP contribution in [0.5, 0.6) is 5.88 Å². The molecule has 1 aromatic heterocycles. The van der Waals surface area contributed by atoms with Gasteiger partial charge in [-0.25, -0.2) is 14.8 Å². The van der Waals surface area contributed by atoms with Crippen molar-refractivity contribution < 1.29 is 19.2 Å². The third-order valence-electron chi connectivity index (χ3n) is 5.18. The Bertz CT molecular complexity index is 871. The van der Waals surface area contributed by atoms with Gasteiger partial charge in [0.1, 0.15) is 24.5 Å².